The summed E-state index contributed by atoms with van der Waals surface area (Å²) in [4.78, 5) is 33.1. The van der Waals surface area contributed by atoms with E-state index < -0.39 is 5.97 Å². The topological polar surface area (TPSA) is 63.7 Å². The van der Waals surface area contributed by atoms with Crippen molar-refractivity contribution in [1.29, 1.82) is 0 Å². The lowest BCUT2D eigenvalue weighted by molar-refractivity contribution is -0.139. The van der Waals surface area contributed by atoms with E-state index in [9.17, 15) is 14.4 Å². The van der Waals surface area contributed by atoms with Gasteiger partial charge in [-0.3, -0.25) is 9.59 Å². The number of likely N-dealkylation sites (N-methyl/N-ethyl adjacent to an activating group) is 1. The van der Waals surface area contributed by atoms with Crippen molar-refractivity contribution in [3.63, 3.8) is 0 Å². The Balaban J connectivity index is 3.82. The number of aldehydes is 1. The van der Waals surface area contributed by atoms with Crippen LogP contribution in [0, 0.1) is 0 Å². The molecule has 5 nitrogen and oxygen atoms in total. The van der Waals surface area contributed by atoms with Gasteiger partial charge in [-0.1, -0.05) is 6.58 Å². The van der Waals surface area contributed by atoms with Gasteiger partial charge in [-0.15, -0.1) is 0 Å². The molecule has 0 aromatic rings. The van der Waals surface area contributed by atoms with E-state index in [0.29, 0.717) is 6.29 Å². The fourth-order valence-corrected chi connectivity index (χ4v) is 0.701. The molecular formula is C10H13NO4. The molecule has 0 saturated carbocycles. The molecule has 0 radical (unpaired) electrons. The van der Waals surface area contributed by atoms with Crippen molar-refractivity contribution in [2.75, 3.05) is 20.2 Å². The van der Waals surface area contributed by atoms with Crippen LogP contribution < -0.4 is 0 Å². The Kier molecular flexibility index (Phi) is 6.54. The first kappa shape index (κ1) is 13.1. The number of hydrogen-bond acceptors (Lipinski definition) is 4. The average Bonchev–Trinajstić information content (AvgIpc) is 2.25. The molecule has 0 aromatic heterocycles. The van der Waals surface area contributed by atoms with Gasteiger partial charge >= 0.3 is 5.97 Å². The third-order valence-electron chi connectivity index (χ3n) is 1.53. The molecule has 0 bridgehead atoms. The van der Waals surface area contributed by atoms with E-state index in [0.717, 1.165) is 18.2 Å². The number of esters is 1. The smallest absolute Gasteiger partial charge is 0.330 e. The first-order valence-electron chi connectivity index (χ1n) is 4.28. The van der Waals surface area contributed by atoms with Gasteiger partial charge in [0.2, 0.25) is 5.91 Å². The quantitative estimate of drug-likeness (QED) is 0.350. The second-order valence-corrected chi connectivity index (χ2v) is 2.63. The summed E-state index contributed by atoms with van der Waals surface area (Å²) in [7, 11) is 1.54. The van der Waals surface area contributed by atoms with Gasteiger partial charge in [-0.25, -0.2) is 4.79 Å². The number of allylic oxidation sites excluding steroid dienone is 1. The van der Waals surface area contributed by atoms with Crippen molar-refractivity contribution >= 4 is 18.2 Å². The van der Waals surface area contributed by atoms with Gasteiger partial charge in [0.1, 0.15) is 12.9 Å². The third kappa shape index (κ3) is 6.20. The molecule has 0 aliphatic carbocycles. The van der Waals surface area contributed by atoms with Crippen LogP contribution in [0.15, 0.2) is 24.8 Å². The lowest BCUT2D eigenvalue weighted by Gasteiger charge is -2.14. The van der Waals surface area contributed by atoms with E-state index >= 15 is 0 Å². The lowest BCUT2D eigenvalue weighted by Crippen LogP contribution is -2.29. The number of hydrogen-bond donors (Lipinski definition) is 0. The van der Waals surface area contributed by atoms with Crippen molar-refractivity contribution in [3.8, 4) is 0 Å². The summed E-state index contributed by atoms with van der Waals surface area (Å²) in [6.45, 7) is 3.59. The largest absolute Gasteiger partial charge is 0.461 e. The molecular weight excluding hydrogens is 198 g/mol. The van der Waals surface area contributed by atoms with Crippen LogP contribution in [0.3, 0.4) is 0 Å². The summed E-state index contributed by atoms with van der Waals surface area (Å²) in [5.74, 6) is -0.851. The molecule has 0 atom stereocenters. The highest BCUT2D eigenvalue weighted by Crippen LogP contribution is 1.88. The van der Waals surface area contributed by atoms with E-state index in [1.807, 2.05) is 0 Å². The number of carbonyl (C=O) groups is 3. The van der Waals surface area contributed by atoms with Crippen LogP contribution in [0.5, 0.6) is 0 Å². The molecule has 0 spiro atoms. The molecule has 0 aliphatic heterocycles. The molecule has 5 heteroatoms. The Hall–Kier alpha value is -1.91. The van der Waals surface area contributed by atoms with Crippen molar-refractivity contribution < 1.29 is 19.1 Å². The first-order chi connectivity index (χ1) is 7.11. The number of rotatable bonds is 6. The van der Waals surface area contributed by atoms with Crippen LogP contribution in [0.2, 0.25) is 0 Å². The molecule has 0 rings (SSSR count). The molecule has 0 fully saturated rings. The summed E-state index contributed by atoms with van der Waals surface area (Å²) >= 11 is 0. The zero-order valence-electron chi connectivity index (χ0n) is 8.51. The maximum atomic E-state index is 11.2. The van der Waals surface area contributed by atoms with Gasteiger partial charge in [0.05, 0.1) is 6.54 Å². The van der Waals surface area contributed by atoms with Crippen LogP contribution in [-0.4, -0.2) is 43.3 Å². The molecule has 0 unspecified atom stereocenters. The SMILES string of the molecule is C=CC(=O)OCCN(C)C(=O)/C=C\C=O. The minimum Gasteiger partial charge on any atom is -0.461 e. The van der Waals surface area contributed by atoms with Crippen LogP contribution in [0.1, 0.15) is 0 Å². The summed E-state index contributed by atoms with van der Waals surface area (Å²) in [5.41, 5.74) is 0. The highest BCUT2D eigenvalue weighted by molar-refractivity contribution is 5.90. The summed E-state index contributed by atoms with van der Waals surface area (Å²) < 4.78 is 4.67. The van der Waals surface area contributed by atoms with E-state index in [4.69, 9.17) is 0 Å². The summed E-state index contributed by atoms with van der Waals surface area (Å²) in [6, 6.07) is 0. The van der Waals surface area contributed by atoms with Gasteiger partial charge in [0.15, 0.2) is 0 Å². The summed E-state index contributed by atoms with van der Waals surface area (Å²) in [5, 5.41) is 0. The number of carbonyl (C=O) groups excluding carboxylic acids is 3. The number of nitrogens with zero attached hydrogens (tertiary/aromatic N) is 1. The Morgan fingerprint density at radius 3 is 2.67 bits per heavy atom. The normalized spacial score (nSPS) is 9.67. The summed E-state index contributed by atoms with van der Waals surface area (Å²) in [6.07, 6.45) is 3.81. The monoisotopic (exact) mass is 211 g/mol. The highest BCUT2D eigenvalue weighted by Gasteiger charge is 2.04. The maximum absolute atomic E-state index is 11.2. The Morgan fingerprint density at radius 2 is 2.13 bits per heavy atom. The predicted octanol–water partition coefficient (Wildman–Crippen LogP) is -0.0709. The molecule has 0 aromatic carbocycles. The van der Waals surface area contributed by atoms with Gasteiger partial charge in [0, 0.05) is 19.2 Å². The van der Waals surface area contributed by atoms with Gasteiger partial charge in [-0.05, 0) is 6.08 Å². The first-order valence-corrected chi connectivity index (χ1v) is 4.28. The zero-order valence-corrected chi connectivity index (χ0v) is 8.51. The highest BCUT2D eigenvalue weighted by atomic mass is 16.5. The predicted molar refractivity (Wildman–Crippen MR) is 54.0 cm³/mol. The van der Waals surface area contributed by atoms with Gasteiger partial charge in [0.25, 0.3) is 0 Å². The Morgan fingerprint density at radius 1 is 1.47 bits per heavy atom. The second kappa shape index (κ2) is 7.49. The van der Waals surface area contributed by atoms with Gasteiger partial charge in [-0.2, -0.15) is 0 Å². The molecule has 82 valence electrons. The molecule has 0 aliphatic rings. The maximum Gasteiger partial charge on any atom is 0.330 e. The van der Waals surface area contributed by atoms with Crippen LogP contribution in [0.25, 0.3) is 0 Å². The molecule has 1 amide bonds. The van der Waals surface area contributed by atoms with E-state index in [2.05, 4.69) is 11.3 Å². The Labute approximate surface area is 88.0 Å². The number of ether oxygens (including phenoxy) is 1. The van der Waals surface area contributed by atoms with E-state index in [1.165, 1.54) is 4.90 Å². The second-order valence-electron chi connectivity index (χ2n) is 2.63. The van der Waals surface area contributed by atoms with Crippen molar-refractivity contribution in [3.05, 3.63) is 24.8 Å². The minimum atomic E-state index is -0.528. The van der Waals surface area contributed by atoms with Crippen LogP contribution >= 0.6 is 0 Å². The third-order valence-corrected chi connectivity index (χ3v) is 1.53. The van der Waals surface area contributed by atoms with E-state index in [1.54, 1.807) is 7.05 Å². The molecule has 15 heavy (non-hydrogen) atoms. The molecule has 0 saturated heterocycles. The zero-order chi connectivity index (χ0) is 11.7. The van der Waals surface area contributed by atoms with Crippen LogP contribution in [-0.2, 0) is 19.1 Å². The van der Waals surface area contributed by atoms with Gasteiger partial charge < -0.3 is 9.64 Å². The van der Waals surface area contributed by atoms with E-state index in [-0.39, 0.29) is 19.1 Å². The average molecular weight is 211 g/mol. The number of amides is 1. The van der Waals surface area contributed by atoms with Crippen molar-refractivity contribution in [2.45, 2.75) is 0 Å². The lowest BCUT2D eigenvalue weighted by atomic mass is 10.4. The Bertz CT molecular complexity index is 283. The minimum absolute atomic E-state index is 0.0992. The fourth-order valence-electron chi connectivity index (χ4n) is 0.701. The standard InChI is InChI=1S/C10H13NO4/c1-3-10(14)15-8-6-11(2)9(13)5-4-7-12/h3-5,7H,1,6,8H2,2H3/b5-4-. The van der Waals surface area contributed by atoms with Crippen molar-refractivity contribution in [2.24, 2.45) is 0 Å². The molecule has 0 heterocycles. The van der Waals surface area contributed by atoms with Crippen LogP contribution in [0.4, 0.5) is 0 Å². The molecule has 0 N–H and O–H groups in total. The fraction of sp³-hybridized carbons (Fsp3) is 0.300. The van der Waals surface area contributed by atoms with Crippen molar-refractivity contribution in [1.82, 2.24) is 4.90 Å².